The second-order valence-corrected chi connectivity index (χ2v) is 6.52. The molecule has 1 amide bonds. The van der Waals surface area contributed by atoms with Crippen LogP contribution >= 0.6 is 0 Å². The molecule has 116 valence electrons. The Morgan fingerprint density at radius 2 is 1.86 bits per heavy atom. The van der Waals surface area contributed by atoms with Crippen molar-refractivity contribution in [1.82, 2.24) is 9.62 Å². The maximum Gasteiger partial charge on any atom is 0.409 e. The maximum absolute atomic E-state index is 12.8. The van der Waals surface area contributed by atoms with Crippen LogP contribution in [0, 0.1) is 5.82 Å². The number of piperidine rings is 1. The van der Waals surface area contributed by atoms with Crippen LogP contribution in [-0.4, -0.2) is 45.7 Å². The van der Waals surface area contributed by atoms with E-state index in [2.05, 4.69) is 9.46 Å². The highest BCUT2D eigenvalue weighted by molar-refractivity contribution is 7.89. The summed E-state index contributed by atoms with van der Waals surface area (Å²) in [5.74, 6) is -0.486. The van der Waals surface area contributed by atoms with Gasteiger partial charge in [0.2, 0.25) is 10.0 Å². The topological polar surface area (TPSA) is 75.7 Å². The fourth-order valence-corrected chi connectivity index (χ4v) is 3.52. The van der Waals surface area contributed by atoms with Crippen molar-refractivity contribution in [3.8, 4) is 0 Å². The third-order valence-corrected chi connectivity index (χ3v) is 4.91. The van der Waals surface area contributed by atoms with Gasteiger partial charge in [-0.2, -0.15) is 0 Å². The second kappa shape index (κ2) is 6.40. The van der Waals surface area contributed by atoms with E-state index in [9.17, 15) is 17.6 Å². The minimum Gasteiger partial charge on any atom is -0.453 e. The first kappa shape index (κ1) is 15.7. The van der Waals surface area contributed by atoms with Gasteiger partial charge in [-0.05, 0) is 37.1 Å². The summed E-state index contributed by atoms with van der Waals surface area (Å²) in [7, 11) is -2.36. The molecule has 1 aliphatic rings. The van der Waals surface area contributed by atoms with E-state index in [1.807, 2.05) is 0 Å². The Kier molecular flexibility index (Phi) is 4.79. The first-order valence-corrected chi connectivity index (χ1v) is 8.01. The van der Waals surface area contributed by atoms with Gasteiger partial charge in [0.1, 0.15) is 5.82 Å². The summed E-state index contributed by atoms with van der Waals surface area (Å²) in [6.45, 7) is 0.868. The van der Waals surface area contributed by atoms with Crippen LogP contribution in [0.5, 0.6) is 0 Å². The molecule has 0 unspecified atom stereocenters. The molecule has 2 rings (SSSR count). The fraction of sp³-hybridized carbons (Fsp3) is 0.462. The van der Waals surface area contributed by atoms with Crippen LogP contribution < -0.4 is 4.72 Å². The summed E-state index contributed by atoms with van der Waals surface area (Å²) in [6.07, 6.45) is 0.611. The van der Waals surface area contributed by atoms with E-state index in [0.717, 1.165) is 12.1 Å². The van der Waals surface area contributed by atoms with Crippen LogP contribution in [0.4, 0.5) is 9.18 Å². The van der Waals surface area contributed by atoms with E-state index >= 15 is 0 Å². The fourth-order valence-electron chi connectivity index (χ4n) is 2.21. The van der Waals surface area contributed by atoms with Crippen molar-refractivity contribution in [2.24, 2.45) is 0 Å². The van der Waals surface area contributed by atoms with Crippen LogP contribution in [0.3, 0.4) is 0 Å². The molecule has 6 nitrogen and oxygen atoms in total. The Hall–Kier alpha value is -1.67. The van der Waals surface area contributed by atoms with E-state index < -0.39 is 21.9 Å². The summed E-state index contributed by atoms with van der Waals surface area (Å²) in [6, 6.07) is 4.41. The minimum absolute atomic E-state index is 0.0271. The number of hydrogen-bond acceptors (Lipinski definition) is 4. The largest absolute Gasteiger partial charge is 0.453 e. The van der Waals surface area contributed by atoms with Crippen LogP contribution in [0.15, 0.2) is 29.2 Å². The quantitative estimate of drug-likeness (QED) is 0.913. The number of likely N-dealkylation sites (tertiary alicyclic amines) is 1. The molecular formula is C13H17FN2O4S. The number of benzene rings is 1. The zero-order chi connectivity index (χ0) is 15.5. The molecule has 21 heavy (non-hydrogen) atoms. The number of hydrogen-bond donors (Lipinski definition) is 1. The number of methoxy groups -OCH3 is 1. The lowest BCUT2D eigenvalue weighted by Crippen LogP contribution is -2.46. The summed E-state index contributed by atoms with van der Waals surface area (Å²) in [5, 5.41) is 0. The molecule has 0 aliphatic carbocycles. The first-order chi connectivity index (χ1) is 9.92. The van der Waals surface area contributed by atoms with Crippen molar-refractivity contribution < 1.29 is 22.3 Å². The SMILES string of the molecule is COC(=O)N1CCC(NS(=O)(=O)c2ccc(F)cc2)CC1. The first-order valence-electron chi connectivity index (χ1n) is 6.53. The normalized spacial score (nSPS) is 16.8. The average molecular weight is 316 g/mol. The van der Waals surface area contributed by atoms with Gasteiger partial charge < -0.3 is 9.64 Å². The Morgan fingerprint density at radius 3 is 2.38 bits per heavy atom. The summed E-state index contributed by atoms with van der Waals surface area (Å²) in [4.78, 5) is 12.9. The average Bonchev–Trinajstić information content (AvgIpc) is 2.47. The maximum atomic E-state index is 12.8. The number of ether oxygens (including phenoxy) is 1. The van der Waals surface area contributed by atoms with Crippen LogP contribution in [0.1, 0.15) is 12.8 Å². The van der Waals surface area contributed by atoms with Gasteiger partial charge in [-0.3, -0.25) is 0 Å². The second-order valence-electron chi connectivity index (χ2n) is 4.81. The van der Waals surface area contributed by atoms with Gasteiger partial charge in [0.15, 0.2) is 0 Å². The molecule has 1 aromatic carbocycles. The van der Waals surface area contributed by atoms with Crippen molar-refractivity contribution in [3.63, 3.8) is 0 Å². The highest BCUT2D eigenvalue weighted by Gasteiger charge is 2.26. The van der Waals surface area contributed by atoms with Crippen LogP contribution in [-0.2, 0) is 14.8 Å². The third-order valence-electron chi connectivity index (χ3n) is 3.37. The summed E-state index contributed by atoms with van der Waals surface area (Å²) in [5.41, 5.74) is 0. The van der Waals surface area contributed by atoms with E-state index in [-0.39, 0.29) is 10.9 Å². The molecule has 0 bridgehead atoms. The molecule has 1 aromatic rings. The van der Waals surface area contributed by atoms with Gasteiger partial charge in [0.25, 0.3) is 0 Å². The van der Waals surface area contributed by atoms with Crippen molar-refractivity contribution in [2.75, 3.05) is 20.2 Å². The molecule has 1 fully saturated rings. The van der Waals surface area contributed by atoms with E-state index in [1.54, 1.807) is 0 Å². The number of carbonyl (C=O) groups is 1. The number of carbonyl (C=O) groups excluding carboxylic acids is 1. The summed E-state index contributed by atoms with van der Waals surface area (Å²) < 4.78 is 44.3. The van der Waals surface area contributed by atoms with Crippen LogP contribution in [0.2, 0.25) is 0 Å². The highest BCUT2D eigenvalue weighted by atomic mass is 32.2. The van der Waals surface area contributed by atoms with Gasteiger partial charge in [0, 0.05) is 19.1 Å². The zero-order valence-electron chi connectivity index (χ0n) is 11.6. The number of nitrogens with one attached hydrogen (secondary N) is 1. The smallest absolute Gasteiger partial charge is 0.409 e. The number of rotatable bonds is 3. The molecule has 1 aliphatic heterocycles. The molecule has 0 radical (unpaired) electrons. The Morgan fingerprint density at radius 1 is 1.29 bits per heavy atom. The monoisotopic (exact) mass is 316 g/mol. The van der Waals surface area contributed by atoms with Crippen LogP contribution in [0.25, 0.3) is 0 Å². The lowest BCUT2D eigenvalue weighted by molar-refractivity contribution is 0.111. The van der Waals surface area contributed by atoms with Crippen molar-refractivity contribution in [1.29, 1.82) is 0 Å². The van der Waals surface area contributed by atoms with Gasteiger partial charge in [-0.1, -0.05) is 0 Å². The van der Waals surface area contributed by atoms with E-state index in [1.165, 1.54) is 24.1 Å². The standard InChI is InChI=1S/C13H17FN2O4S/c1-20-13(17)16-8-6-11(7-9-16)15-21(18,19)12-4-2-10(14)3-5-12/h2-5,11,15H,6-9H2,1H3. The minimum atomic E-state index is -3.67. The van der Waals surface area contributed by atoms with Crippen molar-refractivity contribution in [3.05, 3.63) is 30.1 Å². The number of amides is 1. The number of nitrogens with zero attached hydrogens (tertiary/aromatic N) is 1. The highest BCUT2D eigenvalue weighted by Crippen LogP contribution is 2.16. The van der Waals surface area contributed by atoms with E-state index in [4.69, 9.17) is 0 Å². The predicted octanol–water partition coefficient (Wildman–Crippen LogP) is 1.33. The third kappa shape index (κ3) is 3.92. The molecule has 0 saturated carbocycles. The molecular weight excluding hydrogens is 299 g/mol. The Balaban J connectivity index is 1.96. The molecule has 1 saturated heterocycles. The molecule has 0 spiro atoms. The molecule has 0 aromatic heterocycles. The lowest BCUT2D eigenvalue weighted by Gasteiger charge is -2.31. The molecule has 1 heterocycles. The molecule has 1 N–H and O–H groups in total. The molecule has 8 heteroatoms. The van der Waals surface area contributed by atoms with Gasteiger partial charge in [-0.15, -0.1) is 0 Å². The zero-order valence-corrected chi connectivity index (χ0v) is 12.4. The van der Waals surface area contributed by atoms with Crippen molar-refractivity contribution >= 4 is 16.1 Å². The Labute approximate surface area is 122 Å². The number of halogens is 1. The lowest BCUT2D eigenvalue weighted by atomic mass is 10.1. The Bertz CT molecular complexity index is 595. The van der Waals surface area contributed by atoms with Gasteiger partial charge >= 0.3 is 6.09 Å². The molecule has 0 atom stereocenters. The van der Waals surface area contributed by atoms with Gasteiger partial charge in [-0.25, -0.2) is 22.3 Å². The number of sulfonamides is 1. The van der Waals surface area contributed by atoms with Gasteiger partial charge in [0.05, 0.1) is 12.0 Å². The summed E-state index contributed by atoms with van der Waals surface area (Å²) >= 11 is 0. The predicted molar refractivity (Wildman–Crippen MR) is 73.7 cm³/mol. The van der Waals surface area contributed by atoms with E-state index in [0.29, 0.717) is 25.9 Å². The van der Waals surface area contributed by atoms with Crippen molar-refractivity contribution in [2.45, 2.75) is 23.8 Å².